The second-order valence-electron chi connectivity index (χ2n) is 5.43. The molecular weight excluding hydrogens is 248 g/mol. The Hall–Kier alpha value is -1.59. The van der Waals surface area contributed by atoms with Gasteiger partial charge in [0.1, 0.15) is 0 Å². The van der Waals surface area contributed by atoms with E-state index in [0.29, 0.717) is 18.3 Å². The molecule has 0 aromatic heterocycles. The van der Waals surface area contributed by atoms with Crippen LogP contribution in [-0.2, 0) is 14.3 Å². The van der Waals surface area contributed by atoms with E-state index in [9.17, 15) is 14.4 Å². The maximum atomic E-state index is 11.6. The summed E-state index contributed by atoms with van der Waals surface area (Å²) in [5, 5.41) is 4.29. The van der Waals surface area contributed by atoms with Crippen LogP contribution in [0.1, 0.15) is 32.1 Å². The third kappa shape index (κ3) is 3.68. The van der Waals surface area contributed by atoms with E-state index < -0.39 is 18.5 Å². The average molecular weight is 268 g/mol. The van der Waals surface area contributed by atoms with E-state index in [2.05, 4.69) is 5.32 Å². The first-order valence-corrected chi connectivity index (χ1v) is 6.75. The van der Waals surface area contributed by atoms with Gasteiger partial charge in [0.25, 0.3) is 5.91 Å². The van der Waals surface area contributed by atoms with Crippen LogP contribution in [0.5, 0.6) is 0 Å². The molecule has 2 N–H and O–H groups in total. The number of carbonyl (C=O) groups excluding carboxylic acids is 3. The molecule has 0 unspecified atom stereocenters. The molecule has 0 aromatic rings. The van der Waals surface area contributed by atoms with Gasteiger partial charge >= 0.3 is 12.0 Å². The lowest BCUT2D eigenvalue weighted by atomic mass is 9.86. The van der Waals surface area contributed by atoms with Crippen LogP contribution in [0.25, 0.3) is 0 Å². The van der Waals surface area contributed by atoms with Gasteiger partial charge in [-0.3, -0.25) is 14.9 Å². The van der Waals surface area contributed by atoms with Gasteiger partial charge in [-0.05, 0) is 37.0 Å². The van der Waals surface area contributed by atoms with Crippen molar-refractivity contribution in [1.82, 2.24) is 10.6 Å². The van der Waals surface area contributed by atoms with E-state index in [4.69, 9.17) is 4.74 Å². The summed E-state index contributed by atoms with van der Waals surface area (Å²) in [4.78, 5) is 33.7. The molecule has 6 heteroatoms. The Bertz CT molecular complexity index is 383. The minimum atomic E-state index is -0.611. The number of ether oxygens (including phenoxy) is 1. The van der Waals surface area contributed by atoms with Crippen LogP contribution in [0.3, 0.4) is 0 Å². The number of hydrogen-bond donors (Lipinski definition) is 2. The molecule has 2 saturated carbocycles. The Morgan fingerprint density at radius 1 is 1.21 bits per heavy atom. The molecule has 2 rings (SSSR count). The third-order valence-electron chi connectivity index (χ3n) is 4.16. The maximum absolute atomic E-state index is 11.6. The number of fused-ring (bicyclic) bond motifs is 2. The number of imide groups is 1. The van der Waals surface area contributed by atoms with Gasteiger partial charge in [-0.15, -0.1) is 0 Å². The van der Waals surface area contributed by atoms with Gasteiger partial charge in [-0.25, -0.2) is 4.79 Å². The quantitative estimate of drug-likeness (QED) is 0.739. The number of rotatable bonds is 4. The topological polar surface area (TPSA) is 84.5 Å². The molecule has 0 aromatic carbocycles. The second-order valence-corrected chi connectivity index (χ2v) is 5.43. The van der Waals surface area contributed by atoms with Crippen molar-refractivity contribution >= 4 is 17.9 Å². The third-order valence-corrected chi connectivity index (χ3v) is 4.16. The monoisotopic (exact) mass is 268 g/mol. The van der Waals surface area contributed by atoms with E-state index >= 15 is 0 Å². The molecule has 0 radical (unpaired) electrons. The van der Waals surface area contributed by atoms with Crippen LogP contribution in [0, 0.1) is 17.8 Å². The Balaban J connectivity index is 1.65. The Morgan fingerprint density at radius 3 is 2.58 bits per heavy atom. The Morgan fingerprint density at radius 2 is 2.00 bits per heavy atom. The van der Waals surface area contributed by atoms with Crippen LogP contribution < -0.4 is 10.6 Å². The van der Waals surface area contributed by atoms with Gasteiger partial charge in [-0.2, -0.15) is 0 Å². The molecule has 106 valence electrons. The van der Waals surface area contributed by atoms with Crippen molar-refractivity contribution in [3.63, 3.8) is 0 Å². The van der Waals surface area contributed by atoms with Crippen molar-refractivity contribution in [3.05, 3.63) is 0 Å². The highest BCUT2D eigenvalue weighted by Gasteiger charge is 2.40. The summed E-state index contributed by atoms with van der Waals surface area (Å²) in [6.45, 7) is -0.396. The maximum Gasteiger partial charge on any atom is 0.321 e. The van der Waals surface area contributed by atoms with Crippen LogP contribution in [0.15, 0.2) is 0 Å². The fourth-order valence-corrected chi connectivity index (χ4v) is 3.27. The first-order chi connectivity index (χ1) is 9.08. The van der Waals surface area contributed by atoms with Gasteiger partial charge < -0.3 is 10.1 Å². The van der Waals surface area contributed by atoms with Crippen molar-refractivity contribution in [2.45, 2.75) is 32.1 Å². The van der Waals surface area contributed by atoms with Crippen molar-refractivity contribution in [1.29, 1.82) is 0 Å². The molecule has 2 fully saturated rings. The zero-order valence-corrected chi connectivity index (χ0v) is 11.1. The SMILES string of the molecule is CNC(=O)NC(=O)COC(=O)C[C@@H]1C[C@@H]2CC[C@H]1C2. The van der Waals surface area contributed by atoms with Crippen molar-refractivity contribution in [3.8, 4) is 0 Å². The summed E-state index contributed by atoms with van der Waals surface area (Å²) in [5.41, 5.74) is 0. The number of amides is 3. The van der Waals surface area contributed by atoms with E-state index in [1.807, 2.05) is 5.32 Å². The second kappa shape index (κ2) is 6.04. The molecule has 0 spiro atoms. The molecule has 0 heterocycles. The molecule has 3 amide bonds. The predicted molar refractivity (Wildman–Crippen MR) is 67.1 cm³/mol. The van der Waals surface area contributed by atoms with Gasteiger partial charge in [0, 0.05) is 13.5 Å². The number of carbonyl (C=O) groups is 3. The summed E-state index contributed by atoms with van der Waals surface area (Å²) >= 11 is 0. The molecule has 3 atom stereocenters. The zero-order valence-electron chi connectivity index (χ0n) is 11.1. The number of nitrogens with one attached hydrogen (secondary N) is 2. The predicted octanol–water partition coefficient (Wildman–Crippen LogP) is 0.811. The van der Waals surface area contributed by atoms with Gasteiger partial charge in [-0.1, -0.05) is 6.42 Å². The Labute approximate surface area is 112 Å². The normalized spacial score (nSPS) is 27.9. The van der Waals surface area contributed by atoms with Crippen molar-refractivity contribution < 1.29 is 19.1 Å². The van der Waals surface area contributed by atoms with Gasteiger partial charge in [0.05, 0.1) is 0 Å². The summed E-state index contributed by atoms with van der Waals surface area (Å²) in [7, 11) is 1.41. The van der Waals surface area contributed by atoms with Gasteiger partial charge in [0.15, 0.2) is 6.61 Å². The lowest BCUT2D eigenvalue weighted by Gasteiger charge is -2.20. The molecule has 0 saturated heterocycles. The lowest BCUT2D eigenvalue weighted by Crippen LogP contribution is -2.39. The highest BCUT2D eigenvalue weighted by Crippen LogP contribution is 2.49. The van der Waals surface area contributed by atoms with Crippen LogP contribution in [-0.4, -0.2) is 31.6 Å². The first-order valence-electron chi connectivity index (χ1n) is 6.75. The zero-order chi connectivity index (χ0) is 13.8. The van der Waals surface area contributed by atoms with Crippen LogP contribution >= 0.6 is 0 Å². The number of hydrogen-bond acceptors (Lipinski definition) is 4. The molecule has 0 aliphatic heterocycles. The van der Waals surface area contributed by atoms with Crippen LogP contribution in [0.2, 0.25) is 0 Å². The van der Waals surface area contributed by atoms with E-state index in [1.54, 1.807) is 0 Å². The summed E-state index contributed by atoms with van der Waals surface area (Å²) in [5.74, 6) is 0.926. The highest BCUT2D eigenvalue weighted by molar-refractivity contribution is 5.95. The van der Waals surface area contributed by atoms with Crippen molar-refractivity contribution in [2.75, 3.05) is 13.7 Å². The van der Waals surface area contributed by atoms with E-state index in [1.165, 1.54) is 26.3 Å². The fourth-order valence-electron chi connectivity index (χ4n) is 3.27. The smallest absolute Gasteiger partial charge is 0.321 e. The van der Waals surface area contributed by atoms with E-state index in [0.717, 1.165) is 12.3 Å². The molecule has 2 aliphatic carbocycles. The molecule has 19 heavy (non-hydrogen) atoms. The van der Waals surface area contributed by atoms with Crippen molar-refractivity contribution in [2.24, 2.45) is 17.8 Å². The first kappa shape index (κ1) is 13.8. The van der Waals surface area contributed by atoms with E-state index in [-0.39, 0.29) is 5.97 Å². The number of urea groups is 1. The average Bonchev–Trinajstić information content (AvgIpc) is 2.98. The fraction of sp³-hybridized carbons (Fsp3) is 0.769. The highest BCUT2D eigenvalue weighted by atomic mass is 16.5. The van der Waals surface area contributed by atoms with Gasteiger partial charge in [0.2, 0.25) is 0 Å². The molecule has 2 bridgehead atoms. The largest absolute Gasteiger partial charge is 0.456 e. The molecule has 2 aliphatic rings. The minimum absolute atomic E-state index is 0.343. The summed E-state index contributed by atoms with van der Waals surface area (Å²) in [6.07, 6.45) is 5.28. The standard InChI is InChI=1S/C13H20N2O4/c1-14-13(18)15-11(16)7-19-12(17)6-10-5-8-2-3-9(10)4-8/h8-10H,2-7H2,1H3,(H2,14,15,16,18)/t8-,9+,10+/m1/s1. The molecular formula is C13H20N2O4. The minimum Gasteiger partial charge on any atom is -0.456 e. The lowest BCUT2D eigenvalue weighted by molar-refractivity contribution is -0.149. The van der Waals surface area contributed by atoms with Crippen LogP contribution in [0.4, 0.5) is 4.79 Å². The Kier molecular flexibility index (Phi) is 4.39. The molecule has 6 nitrogen and oxygen atoms in total. The summed E-state index contributed by atoms with van der Waals surface area (Å²) < 4.78 is 4.89. The summed E-state index contributed by atoms with van der Waals surface area (Å²) in [6, 6.07) is -0.603. The number of esters is 1.